The number of likely N-dealkylation sites (N-methyl/N-ethyl adjacent to an activating group) is 1. The molecule has 19 heavy (non-hydrogen) atoms. The highest BCUT2D eigenvalue weighted by molar-refractivity contribution is 5.77. The van der Waals surface area contributed by atoms with Crippen molar-refractivity contribution in [1.29, 1.82) is 0 Å². The first-order chi connectivity index (χ1) is 9.02. The summed E-state index contributed by atoms with van der Waals surface area (Å²) in [5, 5.41) is 8.39. The Bertz CT molecular complexity index is 429. The van der Waals surface area contributed by atoms with Gasteiger partial charge in [-0.2, -0.15) is 0 Å². The smallest absolute Gasteiger partial charge is 0.329 e. The van der Waals surface area contributed by atoms with Gasteiger partial charge in [-0.05, 0) is 17.7 Å². The molecule has 0 aliphatic carbocycles. The number of aliphatic carboxylic acids is 1. The Morgan fingerprint density at radius 2 is 1.84 bits per heavy atom. The summed E-state index contributed by atoms with van der Waals surface area (Å²) in [4.78, 5) is 23.4. The summed E-state index contributed by atoms with van der Waals surface area (Å²) in [7, 11) is 3.22. The number of hydrogen-bond donors (Lipinski definition) is 1. The maximum atomic E-state index is 11.6. The summed E-state index contributed by atoms with van der Waals surface area (Å²) in [6.45, 7) is -0.277. The third-order valence-corrected chi connectivity index (χ3v) is 2.46. The van der Waals surface area contributed by atoms with Crippen LogP contribution in [-0.4, -0.2) is 49.3 Å². The minimum atomic E-state index is -1.09. The maximum Gasteiger partial charge on any atom is 0.329 e. The number of carbonyl (C=O) groups excluding carboxylic acids is 1. The monoisotopic (exact) mass is 267 g/mol. The van der Waals surface area contributed by atoms with Crippen LogP contribution in [-0.2, 0) is 20.9 Å². The number of carboxylic acids is 1. The lowest BCUT2D eigenvalue weighted by molar-refractivity contribution is -0.145. The zero-order valence-corrected chi connectivity index (χ0v) is 11.0. The van der Waals surface area contributed by atoms with Gasteiger partial charge in [0.1, 0.15) is 19.0 Å². The zero-order valence-electron chi connectivity index (χ0n) is 11.0. The molecule has 1 aromatic carbocycles. The number of rotatable bonds is 7. The molecule has 0 heterocycles. The van der Waals surface area contributed by atoms with Crippen molar-refractivity contribution in [3.05, 3.63) is 29.8 Å². The molecule has 6 nitrogen and oxygen atoms in total. The molecule has 0 saturated carbocycles. The first-order valence-corrected chi connectivity index (χ1v) is 5.69. The van der Waals surface area contributed by atoms with Gasteiger partial charge in [0.05, 0.1) is 7.11 Å². The lowest BCUT2D eigenvalue weighted by atomic mass is 10.2. The topological polar surface area (TPSA) is 76.1 Å². The molecule has 0 aliphatic rings. The molecule has 0 atom stereocenters. The molecule has 0 aromatic heterocycles. The van der Waals surface area contributed by atoms with Gasteiger partial charge in [0.2, 0.25) is 5.91 Å². The average Bonchev–Trinajstić information content (AvgIpc) is 2.39. The number of hydrogen-bond acceptors (Lipinski definition) is 4. The summed E-state index contributed by atoms with van der Waals surface area (Å²) in [6.07, 6.45) is 0. The minimum absolute atomic E-state index is 0.237. The van der Waals surface area contributed by atoms with Crippen LogP contribution in [0.5, 0.6) is 5.75 Å². The van der Waals surface area contributed by atoms with Crippen LogP contribution in [0.25, 0.3) is 0 Å². The van der Waals surface area contributed by atoms with Gasteiger partial charge in [0, 0.05) is 13.6 Å². The summed E-state index contributed by atoms with van der Waals surface area (Å²) in [6, 6.07) is 7.35. The highest BCUT2D eigenvalue weighted by Gasteiger charge is 2.10. The van der Waals surface area contributed by atoms with Gasteiger partial charge in [0.15, 0.2) is 0 Å². The fourth-order valence-corrected chi connectivity index (χ4v) is 1.43. The molecule has 6 heteroatoms. The van der Waals surface area contributed by atoms with Crippen molar-refractivity contribution < 1.29 is 24.2 Å². The largest absolute Gasteiger partial charge is 0.497 e. The van der Waals surface area contributed by atoms with E-state index >= 15 is 0 Å². The Balaban J connectivity index is 2.42. The molecule has 0 spiro atoms. The zero-order chi connectivity index (χ0) is 14.3. The van der Waals surface area contributed by atoms with E-state index in [4.69, 9.17) is 14.6 Å². The van der Waals surface area contributed by atoms with Gasteiger partial charge in [0.25, 0.3) is 0 Å². The number of methoxy groups -OCH3 is 1. The van der Waals surface area contributed by atoms with Crippen LogP contribution in [0.2, 0.25) is 0 Å². The molecular formula is C13H17NO5. The van der Waals surface area contributed by atoms with Crippen molar-refractivity contribution in [3.63, 3.8) is 0 Å². The Labute approximate surface area is 111 Å². The van der Waals surface area contributed by atoms with Gasteiger partial charge in [-0.25, -0.2) is 4.79 Å². The second-order valence-electron chi connectivity index (χ2n) is 3.98. The molecule has 1 N–H and O–H groups in total. The number of carboxylic acid groups (broad SMARTS) is 1. The van der Waals surface area contributed by atoms with Crippen LogP contribution in [0.3, 0.4) is 0 Å². The van der Waals surface area contributed by atoms with Crippen molar-refractivity contribution in [1.82, 2.24) is 4.90 Å². The lowest BCUT2D eigenvalue weighted by Crippen LogP contribution is -2.30. The van der Waals surface area contributed by atoms with Gasteiger partial charge in [-0.3, -0.25) is 4.79 Å². The summed E-state index contributed by atoms with van der Waals surface area (Å²) < 4.78 is 9.78. The first kappa shape index (κ1) is 15.0. The van der Waals surface area contributed by atoms with E-state index < -0.39 is 12.6 Å². The summed E-state index contributed by atoms with van der Waals surface area (Å²) in [5.41, 5.74) is 0.954. The van der Waals surface area contributed by atoms with E-state index in [1.165, 1.54) is 4.90 Å². The van der Waals surface area contributed by atoms with Crippen LogP contribution in [0.15, 0.2) is 24.3 Å². The Morgan fingerprint density at radius 3 is 2.37 bits per heavy atom. The SMILES string of the molecule is COc1ccc(CN(C)C(=O)COCC(=O)O)cc1. The van der Waals surface area contributed by atoms with E-state index in [2.05, 4.69) is 0 Å². The summed E-state index contributed by atoms with van der Waals surface area (Å²) in [5.74, 6) is -0.606. The molecule has 0 unspecified atom stereocenters. The molecule has 0 bridgehead atoms. The maximum absolute atomic E-state index is 11.6. The van der Waals surface area contributed by atoms with Crippen LogP contribution in [0.1, 0.15) is 5.56 Å². The van der Waals surface area contributed by atoms with E-state index in [0.717, 1.165) is 11.3 Å². The standard InChI is InChI=1S/C13H17NO5/c1-14(12(15)8-19-9-13(16)17)7-10-3-5-11(18-2)6-4-10/h3-6H,7-9H2,1-2H3,(H,16,17). The van der Waals surface area contributed by atoms with Crippen LogP contribution < -0.4 is 4.74 Å². The number of carbonyl (C=O) groups is 2. The predicted molar refractivity (Wildman–Crippen MR) is 67.9 cm³/mol. The molecule has 0 aliphatic heterocycles. The Hall–Kier alpha value is -2.08. The number of ether oxygens (including phenoxy) is 2. The van der Waals surface area contributed by atoms with Crippen molar-refractivity contribution in [2.45, 2.75) is 6.54 Å². The van der Waals surface area contributed by atoms with Crippen molar-refractivity contribution in [2.75, 3.05) is 27.4 Å². The van der Waals surface area contributed by atoms with Gasteiger partial charge < -0.3 is 19.5 Å². The van der Waals surface area contributed by atoms with Crippen LogP contribution in [0.4, 0.5) is 0 Å². The highest BCUT2D eigenvalue weighted by Crippen LogP contribution is 2.12. The van der Waals surface area contributed by atoms with Gasteiger partial charge in [-0.15, -0.1) is 0 Å². The summed E-state index contributed by atoms with van der Waals surface area (Å²) >= 11 is 0. The quantitative estimate of drug-likeness (QED) is 0.789. The van der Waals surface area contributed by atoms with Crippen LogP contribution in [0, 0.1) is 0 Å². The molecular weight excluding hydrogens is 250 g/mol. The molecule has 104 valence electrons. The fourth-order valence-electron chi connectivity index (χ4n) is 1.43. The van der Waals surface area contributed by atoms with E-state index in [1.54, 1.807) is 14.2 Å². The molecule has 1 amide bonds. The van der Waals surface area contributed by atoms with Crippen molar-refractivity contribution in [2.24, 2.45) is 0 Å². The Kier molecular flexibility index (Phi) is 5.81. The molecule has 0 fully saturated rings. The number of amides is 1. The number of benzene rings is 1. The average molecular weight is 267 g/mol. The Morgan fingerprint density at radius 1 is 1.21 bits per heavy atom. The molecule has 0 saturated heterocycles. The number of nitrogens with zero attached hydrogens (tertiary/aromatic N) is 1. The third-order valence-electron chi connectivity index (χ3n) is 2.46. The van der Waals surface area contributed by atoms with E-state index in [-0.39, 0.29) is 12.5 Å². The molecule has 1 rings (SSSR count). The van der Waals surface area contributed by atoms with Gasteiger partial charge in [-0.1, -0.05) is 12.1 Å². The lowest BCUT2D eigenvalue weighted by Gasteiger charge is -2.17. The molecule has 0 radical (unpaired) electrons. The minimum Gasteiger partial charge on any atom is -0.497 e. The normalized spacial score (nSPS) is 10.0. The van der Waals surface area contributed by atoms with Crippen molar-refractivity contribution >= 4 is 11.9 Å². The third kappa shape index (κ3) is 5.39. The van der Waals surface area contributed by atoms with E-state index in [0.29, 0.717) is 6.54 Å². The second kappa shape index (κ2) is 7.38. The predicted octanol–water partition coefficient (Wildman–Crippen LogP) is 0.755. The second-order valence-corrected chi connectivity index (χ2v) is 3.98. The van der Waals surface area contributed by atoms with Gasteiger partial charge >= 0.3 is 5.97 Å². The van der Waals surface area contributed by atoms with E-state index in [1.807, 2.05) is 24.3 Å². The molecule has 1 aromatic rings. The van der Waals surface area contributed by atoms with Crippen LogP contribution >= 0.6 is 0 Å². The van der Waals surface area contributed by atoms with Crippen molar-refractivity contribution in [3.8, 4) is 5.75 Å². The first-order valence-electron chi connectivity index (χ1n) is 5.69. The van der Waals surface area contributed by atoms with E-state index in [9.17, 15) is 9.59 Å². The highest BCUT2D eigenvalue weighted by atomic mass is 16.5. The fraction of sp³-hybridized carbons (Fsp3) is 0.385.